The lowest BCUT2D eigenvalue weighted by atomic mass is 9.83. The Morgan fingerprint density at radius 3 is 2.56 bits per heavy atom. The number of nitrogens with zero attached hydrogens (tertiary/aromatic N) is 3. The Balaban J connectivity index is 1.62. The highest BCUT2D eigenvalue weighted by Gasteiger charge is 2.40. The van der Waals surface area contributed by atoms with Crippen LogP contribution in [-0.2, 0) is 9.84 Å². The summed E-state index contributed by atoms with van der Waals surface area (Å²) >= 11 is 0. The Labute approximate surface area is 195 Å². The smallest absolute Gasteiger partial charge is 0.222 e. The van der Waals surface area contributed by atoms with Gasteiger partial charge in [0.1, 0.15) is 11.5 Å². The number of hydrogen-bond acceptors (Lipinski definition) is 5. The summed E-state index contributed by atoms with van der Waals surface area (Å²) in [4.78, 5) is 16.8. The minimum atomic E-state index is -3.13. The van der Waals surface area contributed by atoms with Gasteiger partial charge in [0.2, 0.25) is 5.95 Å². The molecule has 9 heteroatoms. The molecule has 0 aliphatic carbocycles. The second kappa shape index (κ2) is 8.09. The maximum atomic E-state index is 14.5. The standard InChI is InChI=1S/C25H21F2N3O3S/c1-25(10-12-34(32,33)15-25)14-22(31)16-4-9-19-21(13-16)30(18-7-5-17(26)6-8-18)29-23(19)20-3-2-11-28-24(20)27/h2-9,11,13H,10,12,14-15H2,1H3. The zero-order valence-corrected chi connectivity index (χ0v) is 19.1. The molecule has 1 unspecified atom stereocenters. The van der Waals surface area contributed by atoms with Crippen LogP contribution in [0.25, 0.3) is 27.8 Å². The number of Topliss-reactive ketones (excluding diaryl/α,β-unsaturated/α-hetero) is 1. The van der Waals surface area contributed by atoms with Crippen LogP contribution in [0.2, 0.25) is 0 Å². The van der Waals surface area contributed by atoms with Gasteiger partial charge < -0.3 is 0 Å². The highest BCUT2D eigenvalue weighted by Crippen LogP contribution is 2.37. The minimum absolute atomic E-state index is 0.00801. The molecule has 0 amide bonds. The molecule has 0 N–H and O–H groups in total. The van der Waals surface area contributed by atoms with Crippen molar-refractivity contribution in [2.45, 2.75) is 19.8 Å². The van der Waals surface area contributed by atoms with E-state index in [0.717, 1.165) is 0 Å². The first-order valence-corrected chi connectivity index (χ1v) is 12.6. The number of rotatable bonds is 5. The molecular weight excluding hydrogens is 460 g/mol. The summed E-state index contributed by atoms with van der Waals surface area (Å²) < 4.78 is 53.4. The van der Waals surface area contributed by atoms with Crippen LogP contribution in [0.3, 0.4) is 0 Å². The Morgan fingerprint density at radius 2 is 1.88 bits per heavy atom. The number of aromatic nitrogens is 3. The van der Waals surface area contributed by atoms with E-state index in [9.17, 15) is 22.0 Å². The van der Waals surface area contributed by atoms with E-state index in [-0.39, 0.29) is 29.3 Å². The van der Waals surface area contributed by atoms with Gasteiger partial charge >= 0.3 is 0 Å². The van der Waals surface area contributed by atoms with Crippen LogP contribution in [0.4, 0.5) is 8.78 Å². The summed E-state index contributed by atoms with van der Waals surface area (Å²) in [5, 5.41) is 5.18. The molecule has 1 aliphatic heterocycles. The Bertz CT molecular complexity index is 1530. The van der Waals surface area contributed by atoms with Crippen molar-refractivity contribution >= 4 is 26.5 Å². The zero-order valence-electron chi connectivity index (χ0n) is 18.3. The van der Waals surface area contributed by atoms with E-state index in [0.29, 0.717) is 34.3 Å². The molecule has 1 saturated heterocycles. The lowest BCUT2D eigenvalue weighted by Gasteiger charge is -2.20. The number of carbonyl (C=O) groups excluding carboxylic acids is 1. The van der Waals surface area contributed by atoms with Crippen LogP contribution in [-0.4, -0.2) is 40.5 Å². The Morgan fingerprint density at radius 1 is 1.12 bits per heavy atom. The minimum Gasteiger partial charge on any atom is -0.294 e. The molecule has 6 nitrogen and oxygen atoms in total. The number of sulfone groups is 1. The molecule has 1 aliphatic rings. The number of halogens is 2. The topological polar surface area (TPSA) is 81.9 Å². The molecule has 2 aromatic carbocycles. The second-order valence-electron chi connectivity index (χ2n) is 9.06. The van der Waals surface area contributed by atoms with Gasteiger partial charge in [-0.3, -0.25) is 4.79 Å². The molecule has 0 spiro atoms. The van der Waals surface area contributed by atoms with E-state index >= 15 is 0 Å². The number of ketones is 1. The molecular formula is C25H21F2N3O3S. The van der Waals surface area contributed by atoms with Crippen molar-refractivity contribution < 1.29 is 22.0 Å². The fraction of sp³-hybridized carbons (Fsp3) is 0.240. The van der Waals surface area contributed by atoms with Gasteiger partial charge in [-0.1, -0.05) is 13.0 Å². The number of hydrogen-bond donors (Lipinski definition) is 0. The van der Waals surface area contributed by atoms with Crippen LogP contribution < -0.4 is 0 Å². The average Bonchev–Trinajstić information content (AvgIpc) is 3.30. The number of benzene rings is 2. The molecule has 4 aromatic rings. The fourth-order valence-corrected chi connectivity index (χ4v) is 6.79. The first-order chi connectivity index (χ1) is 16.1. The molecule has 5 rings (SSSR count). The van der Waals surface area contributed by atoms with Gasteiger partial charge in [0.25, 0.3) is 0 Å². The predicted molar refractivity (Wildman–Crippen MR) is 125 cm³/mol. The van der Waals surface area contributed by atoms with Crippen LogP contribution in [0.15, 0.2) is 60.8 Å². The first kappa shape index (κ1) is 22.3. The largest absolute Gasteiger partial charge is 0.294 e. The second-order valence-corrected chi connectivity index (χ2v) is 11.2. The van der Waals surface area contributed by atoms with Gasteiger partial charge in [-0.05, 0) is 60.4 Å². The molecule has 1 atom stereocenters. The fourth-order valence-electron chi connectivity index (χ4n) is 4.54. The molecule has 0 saturated carbocycles. The van der Waals surface area contributed by atoms with Gasteiger partial charge in [-0.2, -0.15) is 9.49 Å². The molecule has 0 radical (unpaired) electrons. The summed E-state index contributed by atoms with van der Waals surface area (Å²) in [5.74, 6) is -1.18. The van der Waals surface area contributed by atoms with Crippen LogP contribution in [0.5, 0.6) is 0 Å². The first-order valence-electron chi connectivity index (χ1n) is 10.8. The van der Waals surface area contributed by atoms with E-state index in [1.807, 2.05) is 6.92 Å². The predicted octanol–water partition coefficient (Wildman–Crippen LogP) is 4.76. The Kier molecular flexibility index (Phi) is 5.31. The third-order valence-corrected chi connectivity index (χ3v) is 8.22. The molecule has 174 valence electrons. The quantitative estimate of drug-likeness (QED) is 0.303. The highest BCUT2D eigenvalue weighted by molar-refractivity contribution is 7.91. The zero-order chi connectivity index (χ0) is 24.1. The maximum Gasteiger partial charge on any atom is 0.222 e. The SMILES string of the molecule is CC1(CC(=O)c2ccc3c(-c4cccnc4F)nn(-c4ccc(F)cc4)c3c2)CCS(=O)(=O)C1. The number of carbonyl (C=O) groups is 1. The number of pyridine rings is 1. The van der Waals surface area contributed by atoms with E-state index < -0.39 is 27.0 Å². The van der Waals surface area contributed by atoms with Crippen LogP contribution >= 0.6 is 0 Å². The third kappa shape index (κ3) is 4.11. The van der Waals surface area contributed by atoms with Crippen molar-refractivity contribution in [3.8, 4) is 16.9 Å². The summed E-state index contributed by atoms with van der Waals surface area (Å²) in [7, 11) is -3.13. The molecule has 2 aromatic heterocycles. The van der Waals surface area contributed by atoms with E-state index in [1.54, 1.807) is 42.5 Å². The lowest BCUT2D eigenvalue weighted by Crippen LogP contribution is -2.22. The maximum absolute atomic E-state index is 14.5. The summed E-state index contributed by atoms with van der Waals surface area (Å²) in [5.41, 5.74) is 1.43. The van der Waals surface area contributed by atoms with Gasteiger partial charge in [0.05, 0.1) is 28.3 Å². The molecule has 3 heterocycles. The van der Waals surface area contributed by atoms with Gasteiger partial charge in [-0.25, -0.2) is 22.5 Å². The van der Waals surface area contributed by atoms with Crippen molar-refractivity contribution in [2.75, 3.05) is 11.5 Å². The van der Waals surface area contributed by atoms with E-state index in [1.165, 1.54) is 23.0 Å². The van der Waals surface area contributed by atoms with E-state index in [2.05, 4.69) is 10.1 Å². The van der Waals surface area contributed by atoms with Gasteiger partial charge in [-0.15, -0.1) is 0 Å². The lowest BCUT2D eigenvalue weighted by molar-refractivity contribution is 0.0934. The molecule has 0 bridgehead atoms. The average molecular weight is 482 g/mol. The molecule has 1 fully saturated rings. The van der Waals surface area contributed by atoms with E-state index in [4.69, 9.17) is 0 Å². The van der Waals surface area contributed by atoms with Crippen molar-refractivity contribution in [3.05, 3.63) is 78.1 Å². The summed E-state index contributed by atoms with van der Waals surface area (Å²) in [6.45, 7) is 1.82. The summed E-state index contributed by atoms with van der Waals surface area (Å²) in [6.07, 6.45) is 1.90. The summed E-state index contributed by atoms with van der Waals surface area (Å²) in [6, 6.07) is 13.9. The number of fused-ring (bicyclic) bond motifs is 1. The Hall–Kier alpha value is -3.46. The normalized spacial score (nSPS) is 19.5. The van der Waals surface area contributed by atoms with Crippen LogP contribution in [0, 0.1) is 17.2 Å². The van der Waals surface area contributed by atoms with Crippen molar-refractivity contribution in [3.63, 3.8) is 0 Å². The van der Waals surface area contributed by atoms with Crippen molar-refractivity contribution in [1.29, 1.82) is 0 Å². The molecule has 34 heavy (non-hydrogen) atoms. The van der Waals surface area contributed by atoms with Gasteiger partial charge in [0, 0.05) is 23.6 Å². The van der Waals surface area contributed by atoms with Gasteiger partial charge in [0.15, 0.2) is 15.6 Å². The van der Waals surface area contributed by atoms with Crippen molar-refractivity contribution in [1.82, 2.24) is 14.8 Å². The monoisotopic (exact) mass is 481 g/mol. The van der Waals surface area contributed by atoms with Crippen molar-refractivity contribution in [2.24, 2.45) is 5.41 Å². The van der Waals surface area contributed by atoms with Crippen LogP contribution in [0.1, 0.15) is 30.1 Å². The third-order valence-electron chi connectivity index (χ3n) is 6.26. The highest BCUT2D eigenvalue weighted by atomic mass is 32.2.